The summed E-state index contributed by atoms with van der Waals surface area (Å²) in [5, 5.41) is 17.5. The smallest absolute Gasteiger partial charge is 0.303 e. The molecule has 1 aliphatic rings. The molecular weight excluding hydrogens is 286 g/mol. The maximum Gasteiger partial charge on any atom is 0.303 e. The first-order chi connectivity index (χ1) is 9.35. The molecule has 116 valence electrons. The molecule has 0 aromatic rings. The Morgan fingerprint density at radius 2 is 1.85 bits per heavy atom. The lowest BCUT2D eigenvalue weighted by Gasteiger charge is -2.27. The summed E-state index contributed by atoms with van der Waals surface area (Å²) in [6.07, 6.45) is 1.47. The monoisotopic (exact) mass is 307 g/mol. The van der Waals surface area contributed by atoms with Crippen molar-refractivity contribution < 1.29 is 28.2 Å². The molecule has 1 fully saturated rings. The van der Waals surface area contributed by atoms with Gasteiger partial charge in [0.2, 0.25) is 5.91 Å². The minimum absolute atomic E-state index is 0.0189. The van der Waals surface area contributed by atoms with E-state index in [1.807, 2.05) is 0 Å². The number of rotatable bonds is 8. The molecule has 1 amide bonds. The number of hydrogen-bond donors (Lipinski definition) is 2. The average Bonchev–Trinajstić information content (AvgIpc) is 2.71. The standard InChI is InChI=1S/C12H21NO6S/c14-7-6-13(10-5-8-20(18,19)9-10)11(15)3-1-2-4-12(16)17/h10,14H,1-9H2,(H,16,17). The van der Waals surface area contributed by atoms with Gasteiger partial charge in [0.25, 0.3) is 0 Å². The zero-order valence-electron chi connectivity index (χ0n) is 11.3. The Hall–Kier alpha value is -1.15. The summed E-state index contributed by atoms with van der Waals surface area (Å²) in [4.78, 5) is 23.8. The van der Waals surface area contributed by atoms with Crippen LogP contribution in [0.15, 0.2) is 0 Å². The highest BCUT2D eigenvalue weighted by Gasteiger charge is 2.34. The van der Waals surface area contributed by atoms with E-state index in [0.717, 1.165) is 0 Å². The summed E-state index contributed by atoms with van der Waals surface area (Å²) in [6.45, 7) is -0.0879. The van der Waals surface area contributed by atoms with Gasteiger partial charge < -0.3 is 15.1 Å². The van der Waals surface area contributed by atoms with Gasteiger partial charge in [-0.3, -0.25) is 9.59 Å². The largest absolute Gasteiger partial charge is 0.481 e. The minimum Gasteiger partial charge on any atom is -0.481 e. The third kappa shape index (κ3) is 5.46. The minimum atomic E-state index is -3.08. The first-order valence-corrected chi connectivity index (χ1v) is 8.50. The van der Waals surface area contributed by atoms with Gasteiger partial charge in [0.15, 0.2) is 9.84 Å². The Kier molecular flexibility index (Phi) is 6.41. The fourth-order valence-corrected chi connectivity index (χ4v) is 4.07. The molecule has 0 spiro atoms. The van der Waals surface area contributed by atoms with E-state index in [2.05, 4.69) is 0 Å². The van der Waals surface area contributed by atoms with Crippen LogP contribution in [0.4, 0.5) is 0 Å². The van der Waals surface area contributed by atoms with E-state index in [4.69, 9.17) is 10.2 Å². The van der Waals surface area contributed by atoms with Crippen LogP contribution >= 0.6 is 0 Å². The number of carbonyl (C=O) groups excluding carboxylic acids is 1. The van der Waals surface area contributed by atoms with Crippen molar-refractivity contribution >= 4 is 21.7 Å². The number of carboxylic acids is 1. The van der Waals surface area contributed by atoms with Gasteiger partial charge in [-0.15, -0.1) is 0 Å². The molecule has 0 saturated carbocycles. The zero-order chi connectivity index (χ0) is 15.2. The van der Waals surface area contributed by atoms with E-state index in [0.29, 0.717) is 19.3 Å². The van der Waals surface area contributed by atoms with Gasteiger partial charge in [0.1, 0.15) is 0 Å². The molecule has 0 radical (unpaired) electrons. The maximum absolute atomic E-state index is 12.0. The Balaban J connectivity index is 2.49. The molecule has 0 aromatic carbocycles. The number of amides is 1. The number of carbonyl (C=O) groups is 2. The van der Waals surface area contributed by atoms with Crippen LogP contribution in [0, 0.1) is 0 Å². The number of nitrogens with zero attached hydrogens (tertiary/aromatic N) is 1. The van der Waals surface area contributed by atoms with Crippen molar-refractivity contribution in [1.82, 2.24) is 4.90 Å². The molecule has 0 aromatic heterocycles. The predicted octanol–water partition coefficient (Wildman–Crippen LogP) is -0.361. The van der Waals surface area contributed by atoms with E-state index < -0.39 is 15.8 Å². The van der Waals surface area contributed by atoms with Crippen molar-refractivity contribution in [2.45, 2.75) is 38.1 Å². The SMILES string of the molecule is O=C(O)CCCCC(=O)N(CCO)C1CCS(=O)(=O)C1. The molecule has 0 aliphatic carbocycles. The summed E-state index contributed by atoms with van der Waals surface area (Å²) in [5.74, 6) is -1.09. The van der Waals surface area contributed by atoms with Crippen LogP contribution in [0.5, 0.6) is 0 Å². The molecule has 8 heteroatoms. The van der Waals surface area contributed by atoms with Crippen LogP contribution in [-0.2, 0) is 19.4 Å². The van der Waals surface area contributed by atoms with Crippen molar-refractivity contribution in [2.24, 2.45) is 0 Å². The van der Waals surface area contributed by atoms with Gasteiger partial charge >= 0.3 is 5.97 Å². The number of aliphatic hydroxyl groups excluding tert-OH is 1. The first-order valence-electron chi connectivity index (χ1n) is 6.68. The first kappa shape index (κ1) is 16.9. The molecule has 1 rings (SSSR count). The number of aliphatic hydroxyl groups is 1. The number of aliphatic carboxylic acids is 1. The van der Waals surface area contributed by atoms with Crippen LogP contribution in [0.2, 0.25) is 0 Å². The van der Waals surface area contributed by atoms with Crippen LogP contribution in [0.3, 0.4) is 0 Å². The summed E-state index contributed by atoms with van der Waals surface area (Å²) in [7, 11) is -3.08. The van der Waals surface area contributed by atoms with E-state index in [1.165, 1.54) is 4.90 Å². The molecule has 1 unspecified atom stereocenters. The highest BCUT2D eigenvalue weighted by atomic mass is 32.2. The van der Waals surface area contributed by atoms with Crippen LogP contribution in [-0.4, -0.2) is 66.1 Å². The third-order valence-electron chi connectivity index (χ3n) is 3.34. The van der Waals surface area contributed by atoms with Crippen molar-refractivity contribution in [1.29, 1.82) is 0 Å². The molecule has 1 heterocycles. The third-order valence-corrected chi connectivity index (χ3v) is 5.09. The number of hydrogen-bond acceptors (Lipinski definition) is 5. The second-order valence-corrected chi connectivity index (χ2v) is 7.20. The second kappa shape index (κ2) is 7.58. The Morgan fingerprint density at radius 3 is 2.35 bits per heavy atom. The van der Waals surface area contributed by atoms with Crippen molar-refractivity contribution in [3.63, 3.8) is 0 Å². The van der Waals surface area contributed by atoms with E-state index in [1.54, 1.807) is 0 Å². The average molecular weight is 307 g/mol. The predicted molar refractivity (Wildman–Crippen MR) is 72.0 cm³/mol. The molecular formula is C12H21NO6S. The molecule has 1 aliphatic heterocycles. The maximum atomic E-state index is 12.0. The molecule has 0 bridgehead atoms. The summed E-state index contributed by atoms with van der Waals surface area (Å²) >= 11 is 0. The summed E-state index contributed by atoms with van der Waals surface area (Å²) < 4.78 is 22.9. The molecule has 2 N–H and O–H groups in total. The fourth-order valence-electron chi connectivity index (χ4n) is 2.34. The van der Waals surface area contributed by atoms with Crippen LogP contribution < -0.4 is 0 Å². The highest BCUT2D eigenvalue weighted by Crippen LogP contribution is 2.19. The van der Waals surface area contributed by atoms with Gasteiger partial charge in [0.05, 0.1) is 18.1 Å². The Morgan fingerprint density at radius 1 is 1.20 bits per heavy atom. The van der Waals surface area contributed by atoms with Gasteiger partial charge in [-0.2, -0.15) is 0 Å². The van der Waals surface area contributed by atoms with Crippen LogP contribution in [0.1, 0.15) is 32.1 Å². The quantitative estimate of drug-likeness (QED) is 0.592. The van der Waals surface area contributed by atoms with Gasteiger partial charge in [-0.1, -0.05) is 0 Å². The topological polar surface area (TPSA) is 112 Å². The number of carboxylic acid groups (broad SMARTS) is 1. The van der Waals surface area contributed by atoms with Crippen molar-refractivity contribution in [3.05, 3.63) is 0 Å². The molecule has 7 nitrogen and oxygen atoms in total. The molecule has 20 heavy (non-hydrogen) atoms. The van der Waals surface area contributed by atoms with Crippen molar-refractivity contribution in [3.8, 4) is 0 Å². The van der Waals surface area contributed by atoms with Crippen LogP contribution in [0.25, 0.3) is 0 Å². The van der Waals surface area contributed by atoms with E-state index in [-0.39, 0.29) is 49.4 Å². The lowest BCUT2D eigenvalue weighted by molar-refractivity contribution is -0.138. The van der Waals surface area contributed by atoms with Gasteiger partial charge in [-0.05, 0) is 19.3 Å². The van der Waals surface area contributed by atoms with Gasteiger partial charge in [-0.25, -0.2) is 8.42 Å². The normalized spacial score (nSPS) is 20.8. The highest BCUT2D eigenvalue weighted by molar-refractivity contribution is 7.91. The lowest BCUT2D eigenvalue weighted by atomic mass is 10.1. The fraction of sp³-hybridized carbons (Fsp3) is 0.833. The number of unbranched alkanes of at least 4 members (excludes halogenated alkanes) is 1. The molecule has 1 atom stereocenters. The number of sulfone groups is 1. The Bertz CT molecular complexity index is 447. The summed E-state index contributed by atoms with van der Waals surface area (Å²) in [6, 6.07) is -0.362. The summed E-state index contributed by atoms with van der Waals surface area (Å²) in [5.41, 5.74) is 0. The lowest BCUT2D eigenvalue weighted by Crippen LogP contribution is -2.42. The molecule has 1 saturated heterocycles. The zero-order valence-corrected chi connectivity index (χ0v) is 12.1. The van der Waals surface area contributed by atoms with Crippen molar-refractivity contribution in [2.75, 3.05) is 24.7 Å². The Labute approximate surface area is 118 Å². The van der Waals surface area contributed by atoms with Gasteiger partial charge in [0, 0.05) is 25.4 Å². The van der Waals surface area contributed by atoms with E-state index >= 15 is 0 Å². The van der Waals surface area contributed by atoms with E-state index in [9.17, 15) is 18.0 Å². The second-order valence-electron chi connectivity index (χ2n) is 4.97.